The lowest BCUT2D eigenvalue weighted by Crippen LogP contribution is -2.44. The molecule has 142 valence electrons. The second-order valence-electron chi connectivity index (χ2n) is 6.72. The first-order valence-electron chi connectivity index (χ1n) is 8.71. The fraction of sp³-hybridized carbons (Fsp3) is 0.526. The summed E-state index contributed by atoms with van der Waals surface area (Å²) in [5.74, 6) is -0.841. The van der Waals surface area contributed by atoms with E-state index >= 15 is 0 Å². The highest BCUT2D eigenvalue weighted by atomic mass is 35.5. The average Bonchev–Trinajstić information content (AvgIpc) is 2.66. The number of halogens is 1. The van der Waals surface area contributed by atoms with Crippen LogP contribution in [0.5, 0.6) is 0 Å². The third-order valence-electron chi connectivity index (χ3n) is 4.75. The summed E-state index contributed by atoms with van der Waals surface area (Å²) in [5, 5.41) is 0.593. The summed E-state index contributed by atoms with van der Waals surface area (Å²) >= 11 is 5.85. The second kappa shape index (κ2) is 9.03. The number of carbonyl (C=O) groups excluding carboxylic acids is 3. The van der Waals surface area contributed by atoms with E-state index in [1.54, 1.807) is 48.0 Å². The molecule has 1 heterocycles. The zero-order valence-electron chi connectivity index (χ0n) is 15.4. The van der Waals surface area contributed by atoms with Gasteiger partial charge in [-0.05, 0) is 37.1 Å². The van der Waals surface area contributed by atoms with Gasteiger partial charge in [0.05, 0.1) is 13.0 Å². The molecule has 0 bridgehead atoms. The van der Waals surface area contributed by atoms with Gasteiger partial charge in [-0.15, -0.1) is 0 Å². The normalized spacial score (nSPS) is 16.1. The predicted octanol–water partition coefficient (Wildman–Crippen LogP) is 2.46. The first-order chi connectivity index (χ1) is 12.3. The highest BCUT2D eigenvalue weighted by molar-refractivity contribution is 6.30. The summed E-state index contributed by atoms with van der Waals surface area (Å²) in [6.45, 7) is 3.15. The maximum Gasteiger partial charge on any atom is 0.310 e. The van der Waals surface area contributed by atoms with Gasteiger partial charge in [0.25, 0.3) is 5.91 Å². The van der Waals surface area contributed by atoms with Gasteiger partial charge in [0.2, 0.25) is 5.91 Å². The molecule has 1 fully saturated rings. The van der Waals surface area contributed by atoms with Gasteiger partial charge in [-0.25, -0.2) is 0 Å². The van der Waals surface area contributed by atoms with Crippen LogP contribution in [-0.4, -0.2) is 61.4 Å². The molecule has 1 aliphatic heterocycles. The first-order valence-corrected chi connectivity index (χ1v) is 9.09. The summed E-state index contributed by atoms with van der Waals surface area (Å²) in [5.41, 5.74) is 0.600. The Bertz CT molecular complexity index is 654. The molecular weight excluding hydrogens is 356 g/mol. The van der Waals surface area contributed by atoms with Gasteiger partial charge < -0.3 is 14.5 Å². The smallest absolute Gasteiger partial charge is 0.310 e. The molecule has 2 amide bonds. The number of amides is 2. The van der Waals surface area contributed by atoms with E-state index < -0.39 is 0 Å². The number of benzene rings is 1. The third kappa shape index (κ3) is 4.97. The maximum atomic E-state index is 12.6. The Hall–Kier alpha value is -2.08. The molecular formula is C19H25ClN2O4. The predicted molar refractivity (Wildman–Crippen MR) is 98.9 cm³/mol. The van der Waals surface area contributed by atoms with Gasteiger partial charge in [-0.1, -0.05) is 18.5 Å². The molecule has 2 rings (SSSR count). The summed E-state index contributed by atoms with van der Waals surface area (Å²) < 4.78 is 4.70. The number of likely N-dealkylation sites (tertiary alicyclic amines) is 1. The van der Waals surface area contributed by atoms with Gasteiger partial charge in [-0.3, -0.25) is 14.4 Å². The van der Waals surface area contributed by atoms with Crippen LogP contribution in [0.2, 0.25) is 5.02 Å². The molecule has 0 radical (unpaired) electrons. The van der Waals surface area contributed by atoms with E-state index in [0.29, 0.717) is 43.1 Å². The quantitative estimate of drug-likeness (QED) is 0.736. The molecule has 0 aromatic heterocycles. The van der Waals surface area contributed by atoms with Crippen LogP contribution in [0.25, 0.3) is 0 Å². The summed E-state index contributed by atoms with van der Waals surface area (Å²) in [6.07, 6.45) is 1.24. The molecule has 0 spiro atoms. The Kier molecular flexibility index (Phi) is 7.03. The summed E-state index contributed by atoms with van der Waals surface area (Å²) in [4.78, 5) is 40.0. The Morgan fingerprint density at radius 1 is 1.23 bits per heavy atom. The van der Waals surface area contributed by atoms with Crippen molar-refractivity contribution in [2.24, 2.45) is 11.8 Å². The van der Waals surface area contributed by atoms with Crippen LogP contribution < -0.4 is 0 Å². The van der Waals surface area contributed by atoms with Crippen LogP contribution >= 0.6 is 11.6 Å². The van der Waals surface area contributed by atoms with Crippen molar-refractivity contribution in [1.29, 1.82) is 0 Å². The molecule has 6 nitrogen and oxygen atoms in total. The molecule has 7 heteroatoms. The van der Waals surface area contributed by atoms with Gasteiger partial charge in [0.1, 0.15) is 0 Å². The lowest BCUT2D eigenvalue weighted by atomic mass is 9.94. The molecule has 1 aliphatic rings. The molecule has 0 aliphatic carbocycles. The minimum absolute atomic E-state index is 0.0133. The molecule has 26 heavy (non-hydrogen) atoms. The fourth-order valence-electron chi connectivity index (χ4n) is 3.19. The van der Waals surface area contributed by atoms with Crippen molar-refractivity contribution in [3.63, 3.8) is 0 Å². The summed E-state index contributed by atoms with van der Waals surface area (Å²) in [7, 11) is 3.04. The van der Waals surface area contributed by atoms with Crippen molar-refractivity contribution in [1.82, 2.24) is 9.80 Å². The number of carbonyl (C=O) groups is 3. The molecule has 1 atom stereocenters. The zero-order chi connectivity index (χ0) is 19.3. The van der Waals surface area contributed by atoms with Crippen LogP contribution in [0.3, 0.4) is 0 Å². The molecule has 0 unspecified atom stereocenters. The minimum atomic E-state index is -0.361. The Morgan fingerprint density at radius 3 is 2.35 bits per heavy atom. The molecule has 0 saturated carbocycles. The largest absolute Gasteiger partial charge is 0.469 e. The average molecular weight is 381 g/mol. The van der Waals surface area contributed by atoms with E-state index in [4.69, 9.17) is 16.3 Å². The van der Waals surface area contributed by atoms with Crippen molar-refractivity contribution in [2.75, 3.05) is 33.8 Å². The Morgan fingerprint density at radius 2 is 1.81 bits per heavy atom. The molecule has 0 N–H and O–H groups in total. The van der Waals surface area contributed by atoms with Gasteiger partial charge in [0.15, 0.2) is 0 Å². The van der Waals surface area contributed by atoms with Crippen molar-refractivity contribution in [2.45, 2.75) is 19.8 Å². The van der Waals surface area contributed by atoms with Crippen LogP contribution in [0.4, 0.5) is 0 Å². The number of rotatable bonds is 5. The fourth-order valence-corrected chi connectivity index (χ4v) is 3.32. The number of piperidine rings is 1. The highest BCUT2D eigenvalue weighted by Gasteiger charge is 2.30. The van der Waals surface area contributed by atoms with E-state index in [1.165, 1.54) is 7.11 Å². The second-order valence-corrected chi connectivity index (χ2v) is 7.15. The highest BCUT2D eigenvalue weighted by Crippen LogP contribution is 2.22. The Balaban J connectivity index is 1.87. The van der Waals surface area contributed by atoms with Crippen LogP contribution in [-0.2, 0) is 14.3 Å². The summed E-state index contributed by atoms with van der Waals surface area (Å²) in [6, 6.07) is 6.82. The maximum absolute atomic E-state index is 12.6. The SMILES string of the molecule is COC(=O)[C@@H](C)CN(C)C(=O)C1CCN(C(=O)c2ccc(Cl)cc2)CC1. The number of nitrogens with zero attached hydrogens (tertiary/aromatic N) is 2. The van der Waals surface area contributed by atoms with E-state index in [0.717, 1.165) is 0 Å². The minimum Gasteiger partial charge on any atom is -0.469 e. The van der Waals surface area contributed by atoms with Crippen molar-refractivity contribution >= 4 is 29.4 Å². The zero-order valence-corrected chi connectivity index (χ0v) is 16.2. The number of hydrogen-bond acceptors (Lipinski definition) is 4. The van der Waals surface area contributed by atoms with Gasteiger partial charge in [0, 0.05) is 43.2 Å². The topological polar surface area (TPSA) is 66.9 Å². The van der Waals surface area contributed by atoms with Gasteiger partial charge in [-0.2, -0.15) is 0 Å². The number of ether oxygens (including phenoxy) is 1. The van der Waals surface area contributed by atoms with E-state index in [9.17, 15) is 14.4 Å². The first kappa shape index (κ1) is 20.2. The standard InChI is InChI=1S/C19H25ClN2O4/c1-13(19(25)26-3)12-21(2)17(23)15-8-10-22(11-9-15)18(24)14-4-6-16(20)7-5-14/h4-7,13,15H,8-12H2,1-3H3/t13-/m0/s1. The van der Waals surface area contributed by atoms with Crippen LogP contribution in [0.15, 0.2) is 24.3 Å². The monoisotopic (exact) mass is 380 g/mol. The van der Waals surface area contributed by atoms with E-state index in [-0.39, 0.29) is 29.6 Å². The number of methoxy groups -OCH3 is 1. The van der Waals surface area contributed by atoms with Crippen molar-refractivity contribution < 1.29 is 19.1 Å². The number of esters is 1. The molecule has 1 aromatic rings. The van der Waals surface area contributed by atoms with Crippen LogP contribution in [0.1, 0.15) is 30.1 Å². The Labute approximate surface area is 159 Å². The van der Waals surface area contributed by atoms with Crippen LogP contribution in [0, 0.1) is 11.8 Å². The lowest BCUT2D eigenvalue weighted by molar-refractivity contribution is -0.146. The number of hydrogen-bond donors (Lipinski definition) is 0. The lowest BCUT2D eigenvalue weighted by Gasteiger charge is -2.33. The van der Waals surface area contributed by atoms with Crippen molar-refractivity contribution in [3.05, 3.63) is 34.9 Å². The molecule has 1 aromatic carbocycles. The van der Waals surface area contributed by atoms with E-state index in [2.05, 4.69) is 0 Å². The van der Waals surface area contributed by atoms with Gasteiger partial charge >= 0.3 is 5.97 Å². The van der Waals surface area contributed by atoms with E-state index in [1.807, 2.05) is 0 Å². The van der Waals surface area contributed by atoms with Crippen molar-refractivity contribution in [3.8, 4) is 0 Å². The molecule has 1 saturated heterocycles. The third-order valence-corrected chi connectivity index (χ3v) is 5.00.